The van der Waals surface area contributed by atoms with Gasteiger partial charge in [-0.2, -0.15) is 0 Å². The molecule has 2 aromatic carbocycles. The smallest absolute Gasteiger partial charge is 0.340 e. The van der Waals surface area contributed by atoms with Crippen molar-refractivity contribution in [2.75, 3.05) is 6.26 Å². The third kappa shape index (κ3) is 6.60. The molecule has 0 heterocycles. The van der Waals surface area contributed by atoms with E-state index in [0.717, 1.165) is 6.26 Å². The molecule has 0 aliphatic rings. The van der Waals surface area contributed by atoms with Crippen LogP contribution in [0.25, 0.3) is 0 Å². The van der Waals surface area contributed by atoms with Gasteiger partial charge in [-0.1, -0.05) is 18.2 Å². The van der Waals surface area contributed by atoms with Crippen molar-refractivity contribution in [3.63, 3.8) is 0 Å². The zero-order valence-corrected chi connectivity index (χ0v) is 19.7. The highest BCUT2D eigenvalue weighted by atomic mass is 32.2. The molecule has 0 unspecified atom stereocenters. The zero-order valence-electron chi connectivity index (χ0n) is 18.0. The van der Waals surface area contributed by atoms with Crippen LogP contribution in [-0.2, 0) is 31.2 Å². The molecule has 170 valence electrons. The maximum atomic E-state index is 13.3. The van der Waals surface area contributed by atoms with Gasteiger partial charge in [0.15, 0.2) is 0 Å². The Morgan fingerprint density at radius 1 is 1.06 bits per heavy atom. The molecular formula is C21H27NO7S2. The lowest BCUT2D eigenvalue weighted by molar-refractivity contribution is 0.00649. The van der Waals surface area contributed by atoms with Gasteiger partial charge in [0.2, 0.25) is 19.9 Å². The predicted molar refractivity (Wildman–Crippen MR) is 116 cm³/mol. The molecule has 2 N–H and O–H groups in total. The number of hydrogen-bond donors (Lipinski definition) is 2. The van der Waals surface area contributed by atoms with Crippen LogP contribution in [0.15, 0.2) is 52.3 Å². The Labute approximate surface area is 183 Å². The summed E-state index contributed by atoms with van der Waals surface area (Å²) in [6.07, 6.45) is 1.04. The van der Waals surface area contributed by atoms with Crippen molar-refractivity contribution in [1.82, 2.24) is 4.72 Å². The number of nitrogens with one attached hydrogen (secondary N) is 1. The van der Waals surface area contributed by atoms with E-state index in [0.29, 0.717) is 11.1 Å². The highest BCUT2D eigenvalue weighted by Gasteiger charge is 2.28. The van der Waals surface area contributed by atoms with Crippen molar-refractivity contribution in [2.24, 2.45) is 0 Å². The molecular weight excluding hydrogens is 442 g/mol. The number of carbonyl (C=O) groups excluding carboxylic acids is 1. The highest BCUT2D eigenvalue weighted by molar-refractivity contribution is 7.91. The molecule has 0 saturated heterocycles. The van der Waals surface area contributed by atoms with Crippen LogP contribution < -0.4 is 4.72 Å². The number of aliphatic hydroxyl groups excluding tert-OH is 1. The lowest BCUT2D eigenvalue weighted by Gasteiger charge is -2.21. The quantitative estimate of drug-likeness (QED) is 0.597. The number of aliphatic hydroxyl groups is 1. The third-order valence-electron chi connectivity index (χ3n) is 4.22. The van der Waals surface area contributed by atoms with Gasteiger partial charge >= 0.3 is 5.97 Å². The van der Waals surface area contributed by atoms with E-state index < -0.39 is 37.5 Å². The Morgan fingerprint density at radius 3 is 2.13 bits per heavy atom. The molecule has 0 radical (unpaired) electrons. The van der Waals surface area contributed by atoms with E-state index in [-0.39, 0.29) is 22.0 Å². The lowest BCUT2D eigenvalue weighted by atomic mass is 10.1. The molecule has 10 heteroatoms. The number of carbonyl (C=O) groups is 1. The summed E-state index contributed by atoms with van der Waals surface area (Å²) < 4.78 is 57.1. The molecule has 8 nitrogen and oxygen atoms in total. The number of rotatable bonds is 7. The van der Waals surface area contributed by atoms with Crippen molar-refractivity contribution < 1.29 is 31.5 Å². The monoisotopic (exact) mass is 469 g/mol. The Hall–Kier alpha value is -2.27. The van der Waals surface area contributed by atoms with E-state index in [2.05, 4.69) is 4.72 Å². The first-order chi connectivity index (χ1) is 14.1. The van der Waals surface area contributed by atoms with E-state index in [1.807, 2.05) is 0 Å². The molecule has 0 saturated carbocycles. The van der Waals surface area contributed by atoms with Crippen LogP contribution in [-0.4, -0.2) is 39.8 Å². The second-order valence-corrected chi connectivity index (χ2v) is 11.9. The fraction of sp³-hybridized carbons (Fsp3) is 0.381. The molecule has 0 amide bonds. The fourth-order valence-electron chi connectivity index (χ4n) is 2.85. The number of benzene rings is 2. The topological polar surface area (TPSA) is 127 Å². The molecule has 0 fully saturated rings. The summed E-state index contributed by atoms with van der Waals surface area (Å²) in [6.45, 7) is 6.27. The van der Waals surface area contributed by atoms with Gasteiger partial charge in [0.25, 0.3) is 0 Å². The predicted octanol–water partition coefficient (Wildman–Crippen LogP) is 2.58. The van der Waals surface area contributed by atoms with Crippen LogP contribution in [0.2, 0.25) is 0 Å². The summed E-state index contributed by atoms with van der Waals surface area (Å²) in [4.78, 5) is 12.4. The van der Waals surface area contributed by atoms with Gasteiger partial charge in [0.1, 0.15) is 5.60 Å². The van der Waals surface area contributed by atoms with Gasteiger partial charge in [0.05, 0.1) is 28.2 Å². The fourth-order valence-corrected chi connectivity index (χ4v) is 5.06. The Balaban J connectivity index is 2.49. The van der Waals surface area contributed by atoms with Crippen molar-refractivity contribution >= 4 is 25.8 Å². The minimum absolute atomic E-state index is 0.0654. The number of hydrogen-bond acceptors (Lipinski definition) is 7. The maximum absolute atomic E-state index is 13.3. The second-order valence-electron chi connectivity index (χ2n) is 8.17. The van der Waals surface area contributed by atoms with Crippen LogP contribution in [0.1, 0.15) is 55.2 Å². The average Bonchev–Trinajstić information content (AvgIpc) is 2.64. The van der Waals surface area contributed by atoms with E-state index in [9.17, 15) is 26.7 Å². The summed E-state index contributed by atoms with van der Waals surface area (Å²) in [6, 6.07) is 9.15. The highest BCUT2D eigenvalue weighted by Crippen LogP contribution is 2.28. The standard InChI is InChI=1S/C21H27NO7S2/c1-14(22-30(5,25)26)16-7-9-17(10-8-16)31(27,28)19-11-6-15(13-23)12-18(19)20(24)29-21(2,3)4/h6-12,14,22-23H,13H2,1-5H3/t14-/m0/s1. The van der Waals surface area contributed by atoms with Gasteiger partial charge < -0.3 is 9.84 Å². The Kier molecular flexibility index (Phi) is 7.32. The van der Waals surface area contributed by atoms with Crippen molar-refractivity contribution in [3.8, 4) is 0 Å². The van der Waals surface area contributed by atoms with E-state index in [1.165, 1.54) is 42.5 Å². The first-order valence-corrected chi connectivity index (χ1v) is 12.8. The van der Waals surface area contributed by atoms with Crippen LogP contribution in [0.4, 0.5) is 0 Å². The molecule has 1 atom stereocenters. The average molecular weight is 470 g/mol. The van der Waals surface area contributed by atoms with E-state index in [1.54, 1.807) is 27.7 Å². The number of sulfonamides is 1. The van der Waals surface area contributed by atoms with Crippen molar-refractivity contribution in [3.05, 3.63) is 59.2 Å². The Morgan fingerprint density at radius 2 is 1.65 bits per heavy atom. The normalized spacial score (nSPS) is 13.6. The summed E-state index contributed by atoms with van der Waals surface area (Å²) in [5.74, 6) is -0.816. The summed E-state index contributed by atoms with van der Waals surface area (Å²) in [7, 11) is -7.52. The SMILES string of the molecule is C[C@H](NS(C)(=O)=O)c1ccc(S(=O)(=O)c2ccc(CO)cc2C(=O)OC(C)(C)C)cc1. The lowest BCUT2D eigenvalue weighted by Crippen LogP contribution is -2.25. The van der Waals surface area contributed by atoms with Crippen LogP contribution in [0.3, 0.4) is 0 Å². The first kappa shape index (κ1) is 25.0. The molecule has 2 aromatic rings. The largest absolute Gasteiger partial charge is 0.456 e. The van der Waals surface area contributed by atoms with E-state index in [4.69, 9.17) is 4.74 Å². The van der Waals surface area contributed by atoms with E-state index >= 15 is 0 Å². The van der Waals surface area contributed by atoms with Crippen molar-refractivity contribution in [1.29, 1.82) is 0 Å². The minimum atomic E-state index is -4.09. The van der Waals surface area contributed by atoms with Gasteiger partial charge in [-0.05, 0) is 63.1 Å². The Bertz CT molecular complexity index is 1160. The number of sulfone groups is 1. The second kappa shape index (κ2) is 9.07. The molecule has 0 spiro atoms. The van der Waals surface area contributed by atoms with Crippen LogP contribution in [0, 0.1) is 0 Å². The van der Waals surface area contributed by atoms with Crippen LogP contribution >= 0.6 is 0 Å². The third-order valence-corrected chi connectivity index (χ3v) is 6.83. The van der Waals surface area contributed by atoms with Gasteiger partial charge in [-0.15, -0.1) is 0 Å². The number of ether oxygens (including phenoxy) is 1. The first-order valence-electron chi connectivity index (χ1n) is 9.43. The molecule has 31 heavy (non-hydrogen) atoms. The summed E-state index contributed by atoms with van der Waals surface area (Å²) >= 11 is 0. The molecule has 2 rings (SSSR count). The van der Waals surface area contributed by atoms with Gasteiger partial charge in [-0.3, -0.25) is 0 Å². The molecule has 0 bridgehead atoms. The maximum Gasteiger partial charge on any atom is 0.340 e. The summed E-state index contributed by atoms with van der Waals surface area (Å²) in [5, 5.41) is 9.40. The minimum Gasteiger partial charge on any atom is -0.456 e. The summed E-state index contributed by atoms with van der Waals surface area (Å²) in [5.41, 5.74) is -0.0570. The number of esters is 1. The van der Waals surface area contributed by atoms with Gasteiger partial charge in [0, 0.05) is 6.04 Å². The molecule has 0 aliphatic heterocycles. The van der Waals surface area contributed by atoms with Crippen LogP contribution in [0.5, 0.6) is 0 Å². The van der Waals surface area contributed by atoms with Gasteiger partial charge in [-0.25, -0.2) is 26.4 Å². The van der Waals surface area contributed by atoms with Crippen molar-refractivity contribution in [2.45, 2.75) is 55.7 Å². The zero-order chi connectivity index (χ0) is 23.6. The molecule has 0 aliphatic carbocycles. The molecule has 0 aromatic heterocycles.